The summed E-state index contributed by atoms with van der Waals surface area (Å²) in [6, 6.07) is 2.31. The van der Waals surface area contributed by atoms with E-state index in [1.807, 2.05) is 26.1 Å². The van der Waals surface area contributed by atoms with E-state index < -0.39 is 0 Å². The summed E-state index contributed by atoms with van der Waals surface area (Å²) in [5.41, 5.74) is 2.87. The highest BCUT2D eigenvalue weighted by atomic mass is 15.2. The average Bonchev–Trinajstić information content (AvgIpc) is 2.84. The van der Waals surface area contributed by atoms with Crippen LogP contribution in [-0.4, -0.2) is 38.4 Å². The highest BCUT2D eigenvalue weighted by molar-refractivity contribution is 5.46. The fourth-order valence-corrected chi connectivity index (χ4v) is 2.78. The van der Waals surface area contributed by atoms with Gasteiger partial charge >= 0.3 is 0 Å². The fourth-order valence-electron chi connectivity index (χ4n) is 2.78. The van der Waals surface area contributed by atoms with Gasteiger partial charge < -0.3 is 5.32 Å². The lowest BCUT2D eigenvalue weighted by molar-refractivity contribution is 0.311. The molecule has 2 aromatic rings. The van der Waals surface area contributed by atoms with Gasteiger partial charge in [0.1, 0.15) is 0 Å². The predicted molar refractivity (Wildman–Crippen MR) is 81.4 cm³/mol. The lowest BCUT2D eigenvalue weighted by Gasteiger charge is -2.18. The number of aryl methyl sites for hydroxylation is 2. The summed E-state index contributed by atoms with van der Waals surface area (Å²) in [5.74, 6) is 1.26. The fraction of sp³-hybridized carbons (Fsp3) is 0.467. The van der Waals surface area contributed by atoms with Crippen LogP contribution in [0.4, 0.5) is 11.8 Å². The molecule has 6 nitrogen and oxygen atoms in total. The van der Waals surface area contributed by atoms with Crippen LogP contribution in [0.15, 0.2) is 18.5 Å². The van der Waals surface area contributed by atoms with E-state index in [1.165, 1.54) is 6.42 Å². The van der Waals surface area contributed by atoms with Crippen molar-refractivity contribution in [3.05, 3.63) is 35.5 Å². The van der Waals surface area contributed by atoms with Crippen LogP contribution in [0.5, 0.6) is 0 Å². The summed E-state index contributed by atoms with van der Waals surface area (Å²) in [6.45, 7) is 5.02. The quantitative estimate of drug-likeness (QED) is 0.933. The zero-order chi connectivity index (χ0) is 14.8. The lowest BCUT2D eigenvalue weighted by atomic mass is 10.1. The standard InChI is InChI=1S/C15H20N6/c1-10-7-11(2)18-15(17-10)20-14-9-16-8-12(19-14)13-5-4-6-21(13)3/h7-9,13H,4-6H2,1-3H3,(H,17,18,19,20)/t13-/m0/s1. The van der Waals surface area contributed by atoms with Gasteiger partial charge in [0.05, 0.1) is 24.1 Å². The molecule has 0 unspecified atom stereocenters. The van der Waals surface area contributed by atoms with Crippen LogP contribution in [0.2, 0.25) is 0 Å². The lowest BCUT2D eigenvalue weighted by Crippen LogP contribution is -2.19. The Kier molecular flexibility index (Phi) is 3.79. The van der Waals surface area contributed by atoms with Crippen molar-refractivity contribution in [3.63, 3.8) is 0 Å². The van der Waals surface area contributed by atoms with E-state index >= 15 is 0 Å². The molecular weight excluding hydrogens is 264 g/mol. The SMILES string of the molecule is Cc1cc(C)nc(Nc2cncc([C@@H]3CCCN3C)n2)n1. The molecule has 3 rings (SSSR count). The van der Waals surface area contributed by atoms with Crippen molar-refractivity contribution in [2.75, 3.05) is 18.9 Å². The first-order chi connectivity index (χ1) is 10.1. The van der Waals surface area contributed by atoms with Crippen LogP contribution >= 0.6 is 0 Å². The van der Waals surface area contributed by atoms with Gasteiger partial charge in [-0.05, 0) is 46.3 Å². The maximum atomic E-state index is 4.66. The second-order valence-corrected chi connectivity index (χ2v) is 5.57. The van der Waals surface area contributed by atoms with Crippen LogP contribution < -0.4 is 5.32 Å². The minimum atomic E-state index is 0.361. The molecule has 3 heterocycles. The second kappa shape index (κ2) is 5.73. The molecule has 0 bridgehead atoms. The molecule has 0 aromatic carbocycles. The smallest absolute Gasteiger partial charge is 0.228 e. The van der Waals surface area contributed by atoms with Crippen LogP contribution in [0.3, 0.4) is 0 Å². The number of hydrogen-bond acceptors (Lipinski definition) is 6. The van der Waals surface area contributed by atoms with Gasteiger partial charge in [-0.2, -0.15) is 0 Å². The van der Waals surface area contributed by atoms with Crippen molar-refractivity contribution in [3.8, 4) is 0 Å². The van der Waals surface area contributed by atoms with Gasteiger partial charge in [0, 0.05) is 11.4 Å². The summed E-state index contributed by atoms with van der Waals surface area (Å²) in [5, 5.41) is 3.15. The molecule has 0 saturated carbocycles. The van der Waals surface area contributed by atoms with Crippen molar-refractivity contribution in [2.45, 2.75) is 32.7 Å². The van der Waals surface area contributed by atoms with Gasteiger partial charge in [0.2, 0.25) is 5.95 Å². The zero-order valence-corrected chi connectivity index (χ0v) is 12.7. The third kappa shape index (κ3) is 3.16. The molecule has 1 atom stereocenters. The largest absolute Gasteiger partial charge is 0.307 e. The molecule has 2 aromatic heterocycles. The molecule has 1 aliphatic rings. The molecule has 0 radical (unpaired) electrons. The van der Waals surface area contributed by atoms with Gasteiger partial charge in [0.25, 0.3) is 0 Å². The van der Waals surface area contributed by atoms with Gasteiger partial charge in [-0.25, -0.2) is 15.0 Å². The Morgan fingerprint density at radius 1 is 1.14 bits per heavy atom. The van der Waals surface area contributed by atoms with E-state index in [1.54, 1.807) is 6.20 Å². The maximum absolute atomic E-state index is 4.66. The van der Waals surface area contributed by atoms with Gasteiger partial charge in [-0.15, -0.1) is 0 Å². The number of hydrogen-bond donors (Lipinski definition) is 1. The first-order valence-electron chi connectivity index (χ1n) is 7.23. The van der Waals surface area contributed by atoms with E-state index in [0.29, 0.717) is 17.8 Å². The Hall–Kier alpha value is -2.08. The van der Waals surface area contributed by atoms with Crippen molar-refractivity contribution in [1.82, 2.24) is 24.8 Å². The topological polar surface area (TPSA) is 66.8 Å². The summed E-state index contributed by atoms with van der Waals surface area (Å²) in [7, 11) is 2.13. The summed E-state index contributed by atoms with van der Waals surface area (Å²) < 4.78 is 0. The zero-order valence-electron chi connectivity index (χ0n) is 12.7. The normalized spacial score (nSPS) is 18.9. The Morgan fingerprint density at radius 2 is 1.90 bits per heavy atom. The Bertz CT molecular complexity index is 622. The number of nitrogens with zero attached hydrogens (tertiary/aromatic N) is 5. The van der Waals surface area contributed by atoms with E-state index in [4.69, 9.17) is 0 Å². The molecule has 1 saturated heterocycles. The molecule has 1 aliphatic heterocycles. The van der Waals surface area contributed by atoms with Crippen molar-refractivity contribution >= 4 is 11.8 Å². The van der Waals surface area contributed by atoms with Crippen LogP contribution in [0, 0.1) is 13.8 Å². The monoisotopic (exact) mass is 284 g/mol. The van der Waals surface area contributed by atoms with E-state index in [2.05, 4.69) is 37.2 Å². The highest BCUT2D eigenvalue weighted by Crippen LogP contribution is 2.29. The second-order valence-electron chi connectivity index (χ2n) is 5.57. The van der Waals surface area contributed by atoms with E-state index in [9.17, 15) is 0 Å². The third-order valence-corrected chi connectivity index (χ3v) is 3.74. The highest BCUT2D eigenvalue weighted by Gasteiger charge is 2.24. The van der Waals surface area contributed by atoms with E-state index in [-0.39, 0.29) is 0 Å². The number of aromatic nitrogens is 4. The molecule has 0 aliphatic carbocycles. The number of likely N-dealkylation sites (tertiary alicyclic amines) is 1. The Morgan fingerprint density at radius 3 is 2.57 bits per heavy atom. The molecule has 21 heavy (non-hydrogen) atoms. The number of anilines is 2. The van der Waals surface area contributed by atoms with Crippen molar-refractivity contribution in [1.29, 1.82) is 0 Å². The molecule has 0 spiro atoms. The molecule has 110 valence electrons. The summed E-state index contributed by atoms with van der Waals surface area (Å²) in [6.07, 6.45) is 5.90. The average molecular weight is 284 g/mol. The summed E-state index contributed by atoms with van der Waals surface area (Å²) in [4.78, 5) is 20.0. The van der Waals surface area contributed by atoms with Crippen molar-refractivity contribution in [2.24, 2.45) is 0 Å². The minimum Gasteiger partial charge on any atom is -0.307 e. The maximum Gasteiger partial charge on any atom is 0.228 e. The van der Waals surface area contributed by atoms with Crippen LogP contribution in [0.25, 0.3) is 0 Å². The van der Waals surface area contributed by atoms with Crippen LogP contribution in [0.1, 0.15) is 36.0 Å². The Labute approximate surface area is 124 Å². The number of nitrogens with one attached hydrogen (secondary N) is 1. The predicted octanol–water partition coefficient (Wildman–Crippen LogP) is 2.39. The van der Waals surface area contributed by atoms with Gasteiger partial charge in [0.15, 0.2) is 5.82 Å². The first kappa shape index (κ1) is 13.9. The first-order valence-corrected chi connectivity index (χ1v) is 7.23. The molecule has 0 amide bonds. The number of rotatable bonds is 3. The van der Waals surface area contributed by atoms with Gasteiger partial charge in [-0.3, -0.25) is 9.88 Å². The van der Waals surface area contributed by atoms with Gasteiger partial charge in [-0.1, -0.05) is 0 Å². The Balaban J connectivity index is 1.82. The molecular formula is C15H20N6. The minimum absolute atomic E-state index is 0.361. The van der Waals surface area contributed by atoms with Crippen LogP contribution in [-0.2, 0) is 0 Å². The van der Waals surface area contributed by atoms with E-state index in [0.717, 1.165) is 30.0 Å². The molecule has 1 N–H and O–H groups in total. The molecule has 6 heteroatoms. The third-order valence-electron chi connectivity index (χ3n) is 3.74. The van der Waals surface area contributed by atoms with Crippen molar-refractivity contribution < 1.29 is 0 Å². The summed E-state index contributed by atoms with van der Waals surface area (Å²) >= 11 is 0. The molecule has 1 fully saturated rings.